The predicted molar refractivity (Wildman–Crippen MR) is 71.1 cm³/mol. The van der Waals surface area contributed by atoms with Crippen LogP contribution >= 0.6 is 11.6 Å². The number of hydrogen-bond donors (Lipinski definition) is 1. The van der Waals surface area contributed by atoms with Crippen molar-refractivity contribution in [1.29, 1.82) is 0 Å². The van der Waals surface area contributed by atoms with Crippen molar-refractivity contribution in [2.24, 2.45) is 5.92 Å². The maximum Gasteiger partial charge on any atom is 0.337 e. The topological polar surface area (TPSA) is 40.5 Å². The van der Waals surface area contributed by atoms with E-state index in [1.807, 2.05) is 11.9 Å². The Morgan fingerprint density at radius 2 is 1.94 bits per heavy atom. The van der Waals surface area contributed by atoms with Gasteiger partial charge in [-0.1, -0.05) is 25.4 Å². The van der Waals surface area contributed by atoms with E-state index in [0.29, 0.717) is 16.6 Å². The molecule has 0 fully saturated rings. The first-order valence-corrected chi connectivity index (χ1v) is 5.98. The van der Waals surface area contributed by atoms with Crippen molar-refractivity contribution in [2.75, 3.05) is 11.9 Å². The molecule has 0 radical (unpaired) electrons. The number of carbonyl (C=O) groups is 1. The molecule has 4 heteroatoms. The molecule has 0 aliphatic heterocycles. The lowest BCUT2D eigenvalue weighted by Crippen LogP contribution is -2.34. The number of halogens is 1. The molecule has 0 aliphatic rings. The fourth-order valence-corrected chi connectivity index (χ4v) is 1.81. The molecule has 1 aromatic rings. The molecule has 0 spiro atoms. The molecule has 0 saturated carbocycles. The molecule has 3 nitrogen and oxygen atoms in total. The lowest BCUT2D eigenvalue weighted by atomic mass is 10.0. The van der Waals surface area contributed by atoms with E-state index in [2.05, 4.69) is 20.8 Å². The number of anilines is 1. The summed E-state index contributed by atoms with van der Waals surface area (Å²) in [5.41, 5.74) is 0.940. The number of rotatable bonds is 4. The van der Waals surface area contributed by atoms with E-state index in [-0.39, 0.29) is 11.6 Å². The maximum atomic E-state index is 11.2. The zero-order valence-corrected chi connectivity index (χ0v) is 11.3. The Balaban J connectivity index is 3.19. The van der Waals surface area contributed by atoms with Crippen LogP contribution in [0.5, 0.6) is 0 Å². The number of benzene rings is 1. The SMILES string of the molecule is CC(C)C(C)N(C)c1cc(Cl)ccc1C(=O)O. The number of hydrogen-bond acceptors (Lipinski definition) is 2. The summed E-state index contributed by atoms with van der Waals surface area (Å²) in [5.74, 6) is -0.500. The van der Waals surface area contributed by atoms with Crippen molar-refractivity contribution in [2.45, 2.75) is 26.8 Å². The van der Waals surface area contributed by atoms with Crippen molar-refractivity contribution in [3.8, 4) is 0 Å². The first-order chi connectivity index (χ1) is 7.84. The highest BCUT2D eigenvalue weighted by molar-refractivity contribution is 6.31. The van der Waals surface area contributed by atoms with E-state index in [0.717, 1.165) is 0 Å². The lowest BCUT2D eigenvalue weighted by molar-refractivity contribution is 0.0697. The third-order valence-corrected chi connectivity index (χ3v) is 3.38. The van der Waals surface area contributed by atoms with Gasteiger partial charge in [0.25, 0.3) is 0 Å². The Bertz CT molecular complexity index is 418. The molecule has 0 amide bonds. The molecule has 0 heterocycles. The lowest BCUT2D eigenvalue weighted by Gasteiger charge is -2.31. The van der Waals surface area contributed by atoms with Gasteiger partial charge in [0, 0.05) is 18.1 Å². The second kappa shape index (κ2) is 5.41. The normalized spacial score (nSPS) is 12.6. The van der Waals surface area contributed by atoms with Gasteiger partial charge in [0.15, 0.2) is 0 Å². The molecular formula is C13H18ClNO2. The summed E-state index contributed by atoms with van der Waals surface area (Å²) >= 11 is 5.93. The van der Waals surface area contributed by atoms with Crippen molar-refractivity contribution in [1.82, 2.24) is 0 Å². The minimum atomic E-state index is -0.931. The quantitative estimate of drug-likeness (QED) is 0.895. The van der Waals surface area contributed by atoms with Gasteiger partial charge in [-0.15, -0.1) is 0 Å². The Morgan fingerprint density at radius 1 is 1.35 bits per heavy atom. The van der Waals surface area contributed by atoms with Gasteiger partial charge in [-0.3, -0.25) is 0 Å². The van der Waals surface area contributed by atoms with Crippen LogP contribution in [-0.2, 0) is 0 Å². The minimum absolute atomic E-state index is 0.242. The molecule has 0 aliphatic carbocycles. The first-order valence-electron chi connectivity index (χ1n) is 5.60. The Morgan fingerprint density at radius 3 is 2.41 bits per heavy atom. The third kappa shape index (κ3) is 3.13. The van der Waals surface area contributed by atoms with Gasteiger partial charge in [0.1, 0.15) is 0 Å². The fraction of sp³-hybridized carbons (Fsp3) is 0.462. The van der Waals surface area contributed by atoms with Crippen molar-refractivity contribution >= 4 is 23.3 Å². The van der Waals surface area contributed by atoms with Crippen LogP contribution in [0.25, 0.3) is 0 Å². The molecule has 94 valence electrons. The fourth-order valence-electron chi connectivity index (χ4n) is 1.64. The van der Waals surface area contributed by atoms with Crippen LogP contribution in [0.3, 0.4) is 0 Å². The summed E-state index contributed by atoms with van der Waals surface area (Å²) in [6, 6.07) is 5.09. The maximum absolute atomic E-state index is 11.2. The molecular weight excluding hydrogens is 238 g/mol. The highest BCUT2D eigenvalue weighted by Crippen LogP contribution is 2.27. The van der Waals surface area contributed by atoms with E-state index in [4.69, 9.17) is 16.7 Å². The summed E-state index contributed by atoms with van der Waals surface area (Å²) in [5, 5.41) is 9.70. The van der Waals surface area contributed by atoms with Crippen LogP contribution in [0, 0.1) is 5.92 Å². The Kier molecular flexibility index (Phi) is 4.40. The van der Waals surface area contributed by atoms with Gasteiger partial charge in [-0.25, -0.2) is 4.79 Å². The monoisotopic (exact) mass is 255 g/mol. The molecule has 0 aromatic heterocycles. The average molecular weight is 256 g/mol. The number of aromatic carboxylic acids is 1. The minimum Gasteiger partial charge on any atom is -0.478 e. The van der Waals surface area contributed by atoms with Crippen LogP contribution in [-0.4, -0.2) is 24.2 Å². The molecule has 1 N–H and O–H groups in total. The molecule has 0 saturated heterocycles. The molecule has 1 rings (SSSR count). The van der Waals surface area contributed by atoms with Gasteiger partial charge < -0.3 is 10.0 Å². The summed E-state index contributed by atoms with van der Waals surface area (Å²) in [4.78, 5) is 13.1. The smallest absolute Gasteiger partial charge is 0.337 e. The van der Waals surface area contributed by atoms with Crippen molar-refractivity contribution in [3.63, 3.8) is 0 Å². The second-order valence-electron chi connectivity index (χ2n) is 4.56. The summed E-state index contributed by atoms with van der Waals surface area (Å²) in [6.45, 7) is 6.27. The Hall–Kier alpha value is -1.22. The Labute approximate surface area is 107 Å². The molecule has 0 bridgehead atoms. The molecule has 1 aromatic carbocycles. The van der Waals surface area contributed by atoms with E-state index in [1.54, 1.807) is 18.2 Å². The largest absolute Gasteiger partial charge is 0.478 e. The van der Waals surface area contributed by atoms with Gasteiger partial charge in [0.05, 0.1) is 11.3 Å². The van der Waals surface area contributed by atoms with Gasteiger partial charge in [-0.05, 0) is 31.0 Å². The highest BCUT2D eigenvalue weighted by Gasteiger charge is 2.19. The van der Waals surface area contributed by atoms with Crippen LogP contribution in [0.2, 0.25) is 5.02 Å². The molecule has 17 heavy (non-hydrogen) atoms. The predicted octanol–water partition coefficient (Wildman–Crippen LogP) is 3.52. The highest BCUT2D eigenvalue weighted by atomic mass is 35.5. The standard InChI is InChI=1S/C13H18ClNO2/c1-8(2)9(3)15(4)12-7-10(14)5-6-11(12)13(16)17/h5-9H,1-4H3,(H,16,17). The average Bonchev–Trinajstić information content (AvgIpc) is 2.26. The van der Waals surface area contributed by atoms with E-state index < -0.39 is 5.97 Å². The third-order valence-electron chi connectivity index (χ3n) is 3.15. The number of nitrogens with zero attached hydrogens (tertiary/aromatic N) is 1. The van der Waals surface area contributed by atoms with Crippen LogP contribution < -0.4 is 4.90 Å². The second-order valence-corrected chi connectivity index (χ2v) is 5.00. The van der Waals surface area contributed by atoms with Crippen LogP contribution in [0.1, 0.15) is 31.1 Å². The van der Waals surface area contributed by atoms with Gasteiger partial charge >= 0.3 is 5.97 Å². The van der Waals surface area contributed by atoms with Crippen LogP contribution in [0.4, 0.5) is 5.69 Å². The summed E-state index contributed by atoms with van der Waals surface area (Å²) in [6.07, 6.45) is 0. The first kappa shape index (κ1) is 13.8. The zero-order chi connectivity index (χ0) is 13.2. The molecule has 1 atom stereocenters. The van der Waals surface area contributed by atoms with E-state index in [1.165, 1.54) is 0 Å². The zero-order valence-electron chi connectivity index (χ0n) is 10.6. The molecule has 1 unspecified atom stereocenters. The van der Waals surface area contributed by atoms with Gasteiger partial charge in [0.2, 0.25) is 0 Å². The van der Waals surface area contributed by atoms with E-state index >= 15 is 0 Å². The van der Waals surface area contributed by atoms with Crippen LogP contribution in [0.15, 0.2) is 18.2 Å². The van der Waals surface area contributed by atoms with E-state index in [9.17, 15) is 4.79 Å². The van der Waals surface area contributed by atoms with Crippen molar-refractivity contribution < 1.29 is 9.90 Å². The van der Waals surface area contributed by atoms with Gasteiger partial charge in [-0.2, -0.15) is 0 Å². The van der Waals surface area contributed by atoms with Crippen molar-refractivity contribution in [3.05, 3.63) is 28.8 Å². The number of carboxylic acid groups (broad SMARTS) is 1. The summed E-state index contributed by atoms with van der Waals surface area (Å²) < 4.78 is 0. The summed E-state index contributed by atoms with van der Waals surface area (Å²) in [7, 11) is 1.89. The number of carboxylic acids is 1.